The lowest BCUT2D eigenvalue weighted by molar-refractivity contribution is -0.339. The first-order valence-electron chi connectivity index (χ1n) is 30.5. The second-order valence-corrected chi connectivity index (χ2v) is 27.3. The van der Waals surface area contributed by atoms with Gasteiger partial charge >= 0.3 is 11.9 Å². The largest absolute Gasteiger partial charge is 0.462 e. The Kier molecular flexibility index (Phi) is 13.1. The first-order chi connectivity index (χ1) is 37.2. The van der Waals surface area contributed by atoms with Gasteiger partial charge in [0, 0.05) is 30.3 Å². The van der Waals surface area contributed by atoms with Crippen LogP contribution in [-0.2, 0) is 30.9 Å². The number of aliphatic hydroxyl groups is 3. The molecule has 16 unspecified atom stereocenters. The molecule has 5 fully saturated rings. The molecule has 3 N–H and O–H groups in total. The van der Waals surface area contributed by atoms with E-state index in [2.05, 4.69) is 117 Å². The van der Waals surface area contributed by atoms with Gasteiger partial charge in [0.25, 0.3) is 0 Å². The van der Waals surface area contributed by atoms with Gasteiger partial charge in [-0.1, -0.05) is 130 Å². The summed E-state index contributed by atoms with van der Waals surface area (Å²) in [6.45, 7) is 6.87. The molecule has 1 spiro atoms. The number of benzene rings is 4. The lowest BCUT2D eigenvalue weighted by Gasteiger charge is -2.72. The van der Waals surface area contributed by atoms with Crippen LogP contribution in [0.3, 0.4) is 0 Å². The zero-order valence-electron chi connectivity index (χ0n) is 46.2. The topological polar surface area (TPSA) is 113 Å². The fourth-order valence-electron chi connectivity index (χ4n) is 20.6. The lowest BCUT2D eigenvalue weighted by Crippen LogP contribution is -2.79. The summed E-state index contributed by atoms with van der Waals surface area (Å²) in [5.74, 6) is 8.02. The molecule has 7 heteroatoms. The van der Waals surface area contributed by atoms with Crippen molar-refractivity contribution in [2.45, 2.75) is 209 Å². The average Bonchev–Trinajstić information content (AvgIpc) is 4.18. The Labute approximate surface area is 458 Å². The number of rotatable bonds is 13. The van der Waals surface area contributed by atoms with Crippen molar-refractivity contribution in [1.82, 2.24) is 0 Å². The molecule has 406 valence electrons. The number of hydrogen-bond donors (Lipinski definition) is 3. The average molecular weight is 1040 g/mol. The van der Waals surface area contributed by atoms with Crippen LogP contribution in [0, 0.1) is 57.2 Å². The van der Waals surface area contributed by atoms with Crippen LogP contribution in [0.25, 0.3) is 10.8 Å². The van der Waals surface area contributed by atoms with Gasteiger partial charge in [0.2, 0.25) is 0 Å². The van der Waals surface area contributed by atoms with Gasteiger partial charge in [0.15, 0.2) is 0 Å². The van der Waals surface area contributed by atoms with Gasteiger partial charge in [-0.15, -0.1) is 5.92 Å². The number of ether oxygens (including phenoxy) is 2. The molecule has 4 aromatic carbocycles. The summed E-state index contributed by atoms with van der Waals surface area (Å²) in [7, 11) is 0. The molecule has 0 amide bonds. The standard InChI is InChI=1S/C70H84O7/c1-45(16-14-19-46-17-6-4-7-18-46)26-29-57(71)70-58(72)33-36-66(3,64(70)56-43-65(2,34-12-11-25-59(73)77-56)69(70,75)39-30-47-40-60(74)76-44-47)51-32-38-67-37-31-49-42-68(50-21-8-5-9-22-50)35-13-10-24-54(68)53-28-27-48-20-15-23-52(55(67)41-51)61(48)62(53)63(49)67/h4-9,15,17-18,20-23,27-28,40,45,49,51,54-58,63-64,71-72,75H,10-11,13-14,16,19,24-26,29-33,35-39,41-44H2,1-3H3. The van der Waals surface area contributed by atoms with Gasteiger partial charge in [0.05, 0.1) is 35.1 Å². The molecule has 0 aromatic heterocycles. The van der Waals surface area contributed by atoms with Crippen molar-refractivity contribution in [2.75, 3.05) is 6.61 Å². The Morgan fingerprint density at radius 2 is 1.60 bits per heavy atom. The van der Waals surface area contributed by atoms with Crippen LogP contribution in [-0.4, -0.2) is 57.8 Å². The highest BCUT2D eigenvalue weighted by molar-refractivity contribution is 5.93. The van der Waals surface area contributed by atoms with E-state index in [1.165, 1.54) is 66.8 Å². The Hall–Kier alpha value is -4.74. The minimum atomic E-state index is -1.74. The summed E-state index contributed by atoms with van der Waals surface area (Å²) in [4.78, 5) is 26.8. The summed E-state index contributed by atoms with van der Waals surface area (Å²) >= 11 is 0. The zero-order valence-corrected chi connectivity index (χ0v) is 46.2. The third-order valence-electron chi connectivity index (χ3n) is 23.9. The van der Waals surface area contributed by atoms with Crippen LogP contribution < -0.4 is 0 Å². The fraction of sp³-hybridized carbons (Fsp3) is 0.600. The molecule has 7 nitrogen and oxygen atoms in total. The van der Waals surface area contributed by atoms with Crippen LogP contribution in [0.4, 0.5) is 0 Å². The predicted octanol–water partition coefficient (Wildman–Crippen LogP) is 13.9. The molecule has 7 aliphatic carbocycles. The molecule has 2 heterocycles. The van der Waals surface area contributed by atoms with Crippen LogP contribution >= 0.6 is 0 Å². The number of fused-ring (bicyclic) bond motifs is 7. The third kappa shape index (κ3) is 7.88. The summed E-state index contributed by atoms with van der Waals surface area (Å²) in [6.07, 6.45) is 17.1. The Balaban J connectivity index is 0.918. The highest BCUT2D eigenvalue weighted by Gasteiger charge is 2.78. The van der Waals surface area contributed by atoms with Gasteiger partial charge in [0.1, 0.15) is 12.7 Å². The zero-order chi connectivity index (χ0) is 53.0. The minimum Gasteiger partial charge on any atom is -0.462 e. The summed E-state index contributed by atoms with van der Waals surface area (Å²) in [5.41, 5.74) is 3.81. The van der Waals surface area contributed by atoms with E-state index < -0.39 is 46.1 Å². The van der Waals surface area contributed by atoms with Crippen molar-refractivity contribution in [3.8, 4) is 11.8 Å². The summed E-state index contributed by atoms with van der Waals surface area (Å²) in [5, 5.41) is 44.6. The van der Waals surface area contributed by atoms with Crippen LogP contribution in [0.2, 0.25) is 0 Å². The Morgan fingerprint density at radius 3 is 2.40 bits per heavy atom. The lowest BCUT2D eigenvalue weighted by atomic mass is 9.34. The number of carbonyl (C=O) groups excluding carboxylic acids is 2. The molecule has 9 aliphatic rings. The number of carbonyl (C=O) groups is 2. The molecule has 16 atom stereocenters. The number of esters is 2. The van der Waals surface area contributed by atoms with E-state index in [0.29, 0.717) is 68.1 Å². The SMILES string of the molecule is CC(CCCc1ccccc1)CCC(O)C12C(O)CCC(C)(C3CCC45CCC6CC7(c8ccccc8)CCCCC7c7ccc8cccc(c8c7C64)C5C3)C1C1CC(C)(C#CCCC(=O)O1)C2(O)CCC1=CC(=O)OC1. The van der Waals surface area contributed by atoms with E-state index >= 15 is 0 Å². The minimum absolute atomic E-state index is 0.113. The Bertz CT molecular complexity index is 3010. The van der Waals surface area contributed by atoms with E-state index in [4.69, 9.17) is 9.47 Å². The molecule has 77 heavy (non-hydrogen) atoms. The number of aryl methyl sites for hydroxylation is 1. The molecular weight excluding hydrogens is 953 g/mol. The van der Waals surface area contributed by atoms with E-state index in [-0.39, 0.29) is 48.1 Å². The maximum Gasteiger partial charge on any atom is 0.331 e. The number of hydrogen-bond acceptors (Lipinski definition) is 7. The van der Waals surface area contributed by atoms with Crippen molar-refractivity contribution in [1.29, 1.82) is 0 Å². The smallest absolute Gasteiger partial charge is 0.331 e. The maximum atomic E-state index is 14.6. The molecule has 0 radical (unpaired) electrons. The van der Waals surface area contributed by atoms with Crippen LogP contribution in [0.1, 0.15) is 201 Å². The Morgan fingerprint density at radius 1 is 0.792 bits per heavy atom. The normalized spacial score (nSPS) is 39.4. The van der Waals surface area contributed by atoms with Gasteiger partial charge in [-0.3, -0.25) is 4.79 Å². The predicted molar refractivity (Wildman–Crippen MR) is 302 cm³/mol. The first-order valence-corrected chi connectivity index (χ1v) is 30.5. The van der Waals surface area contributed by atoms with E-state index in [9.17, 15) is 24.9 Å². The molecule has 2 aliphatic heterocycles. The van der Waals surface area contributed by atoms with Gasteiger partial charge in [-0.05, 0) is 200 Å². The van der Waals surface area contributed by atoms with E-state index in [1.807, 2.05) is 6.92 Å². The monoisotopic (exact) mass is 1040 g/mol. The summed E-state index contributed by atoms with van der Waals surface area (Å²) in [6, 6.07) is 34.5. The molecule has 4 aromatic rings. The molecule has 13 rings (SSSR count). The second kappa shape index (κ2) is 19.5. The number of cyclic esters (lactones) is 1. The summed E-state index contributed by atoms with van der Waals surface area (Å²) < 4.78 is 12.3. The van der Waals surface area contributed by atoms with Crippen molar-refractivity contribution >= 4 is 22.7 Å². The number of aliphatic hydroxyl groups excluding tert-OH is 2. The fourth-order valence-corrected chi connectivity index (χ4v) is 20.6. The van der Waals surface area contributed by atoms with Gasteiger partial charge in [-0.25, -0.2) is 4.79 Å². The molecule has 0 saturated heterocycles. The van der Waals surface area contributed by atoms with Crippen LogP contribution in [0.15, 0.2) is 103 Å². The van der Waals surface area contributed by atoms with E-state index in [0.717, 1.165) is 50.5 Å². The molecular formula is C70H84O7. The third-order valence-corrected chi connectivity index (χ3v) is 23.9. The van der Waals surface area contributed by atoms with Crippen molar-refractivity contribution in [3.05, 3.63) is 130 Å². The van der Waals surface area contributed by atoms with Gasteiger partial charge in [-0.2, -0.15) is 0 Å². The van der Waals surface area contributed by atoms with Crippen molar-refractivity contribution in [2.24, 2.45) is 45.3 Å². The highest BCUT2D eigenvalue weighted by Crippen LogP contribution is 2.77. The van der Waals surface area contributed by atoms with Gasteiger partial charge < -0.3 is 24.8 Å². The van der Waals surface area contributed by atoms with E-state index in [1.54, 1.807) is 22.8 Å². The van der Waals surface area contributed by atoms with Crippen LogP contribution in [0.5, 0.6) is 0 Å². The van der Waals surface area contributed by atoms with Crippen molar-refractivity contribution < 1.29 is 34.4 Å². The highest BCUT2D eigenvalue weighted by atomic mass is 16.5. The second-order valence-electron chi connectivity index (χ2n) is 27.3. The maximum absolute atomic E-state index is 14.6. The first kappa shape index (κ1) is 51.7. The van der Waals surface area contributed by atoms with Crippen molar-refractivity contribution in [3.63, 3.8) is 0 Å². The molecule has 2 bridgehead atoms. The molecule has 5 saturated carbocycles. The quantitative estimate of drug-likeness (QED) is 0.0903.